The van der Waals surface area contributed by atoms with Crippen LogP contribution in [0.15, 0.2) is 34.5 Å². The zero-order chi connectivity index (χ0) is 20.3. The number of benzene rings is 1. The van der Waals surface area contributed by atoms with Crippen molar-refractivity contribution in [3.8, 4) is 0 Å². The molecule has 2 N–H and O–H groups in total. The molecule has 2 heterocycles. The van der Waals surface area contributed by atoms with Gasteiger partial charge in [-0.1, -0.05) is 0 Å². The van der Waals surface area contributed by atoms with Crippen molar-refractivity contribution in [1.29, 1.82) is 0 Å². The predicted octanol–water partition coefficient (Wildman–Crippen LogP) is 2.59. The number of carbonyl (C=O) groups is 2. The lowest BCUT2D eigenvalue weighted by molar-refractivity contribution is 0.0601. The van der Waals surface area contributed by atoms with Crippen LogP contribution in [0, 0.1) is 0 Å². The number of aromatic carboxylic acids is 1. The van der Waals surface area contributed by atoms with Gasteiger partial charge in [-0.15, -0.1) is 11.3 Å². The zero-order valence-corrected chi connectivity index (χ0v) is 17.3. The van der Waals surface area contributed by atoms with Gasteiger partial charge in [0, 0.05) is 30.3 Å². The lowest BCUT2D eigenvalue weighted by Crippen LogP contribution is -2.33. The Balaban J connectivity index is 1.92. The van der Waals surface area contributed by atoms with Crippen LogP contribution < -0.4 is 9.62 Å². The smallest absolute Gasteiger partial charge is 0.349 e. The van der Waals surface area contributed by atoms with Gasteiger partial charge in [0.05, 0.1) is 18.4 Å². The normalized spacial score (nSPS) is 14.5. The summed E-state index contributed by atoms with van der Waals surface area (Å²) in [5.74, 6) is -0.0796. The SMILES string of the molecule is COC(=O)c1sccc1S(=O)(=O)Nc1ccc(N2CCSCC2)c(C(=O)O)c1. The fraction of sp³-hybridized carbons (Fsp3) is 0.294. The number of esters is 1. The molecule has 0 bridgehead atoms. The Morgan fingerprint density at radius 1 is 1.21 bits per heavy atom. The van der Waals surface area contributed by atoms with Crippen LogP contribution in [-0.4, -0.2) is 57.2 Å². The highest BCUT2D eigenvalue weighted by Crippen LogP contribution is 2.29. The Morgan fingerprint density at radius 2 is 1.93 bits per heavy atom. The lowest BCUT2D eigenvalue weighted by Gasteiger charge is -2.29. The van der Waals surface area contributed by atoms with Crippen molar-refractivity contribution in [3.63, 3.8) is 0 Å². The molecule has 1 aromatic carbocycles. The van der Waals surface area contributed by atoms with E-state index in [4.69, 9.17) is 0 Å². The Bertz CT molecular complexity index is 996. The molecular weight excluding hydrogens is 424 g/mol. The Labute approximate surface area is 170 Å². The number of thioether (sulfide) groups is 1. The van der Waals surface area contributed by atoms with E-state index in [1.165, 1.54) is 30.7 Å². The van der Waals surface area contributed by atoms with Gasteiger partial charge in [-0.05, 0) is 29.6 Å². The van der Waals surface area contributed by atoms with Gasteiger partial charge in [0.25, 0.3) is 10.0 Å². The fourth-order valence-corrected chi connectivity index (χ4v) is 6.10. The van der Waals surface area contributed by atoms with Crippen LogP contribution >= 0.6 is 23.1 Å². The average molecular weight is 443 g/mol. The Kier molecular flexibility index (Phi) is 6.16. The molecule has 1 aliphatic heterocycles. The molecule has 0 spiro atoms. The van der Waals surface area contributed by atoms with Crippen molar-refractivity contribution in [3.05, 3.63) is 40.1 Å². The maximum absolute atomic E-state index is 12.7. The first-order valence-corrected chi connectivity index (χ1v) is 11.7. The van der Waals surface area contributed by atoms with Crippen LogP contribution in [0.4, 0.5) is 11.4 Å². The van der Waals surface area contributed by atoms with E-state index in [2.05, 4.69) is 9.46 Å². The number of carboxylic acids is 1. The van der Waals surface area contributed by atoms with Gasteiger partial charge in [0.1, 0.15) is 9.77 Å². The maximum atomic E-state index is 12.7. The van der Waals surface area contributed by atoms with Crippen LogP contribution in [0.1, 0.15) is 20.0 Å². The van der Waals surface area contributed by atoms with Gasteiger partial charge in [-0.3, -0.25) is 4.72 Å². The maximum Gasteiger partial charge on any atom is 0.349 e. The minimum atomic E-state index is -4.09. The lowest BCUT2D eigenvalue weighted by atomic mass is 10.1. The van der Waals surface area contributed by atoms with Gasteiger partial charge in [0.15, 0.2) is 0 Å². The van der Waals surface area contributed by atoms with Crippen molar-refractivity contribution >= 4 is 56.4 Å². The van der Waals surface area contributed by atoms with Crippen molar-refractivity contribution < 1.29 is 27.9 Å². The van der Waals surface area contributed by atoms with Gasteiger partial charge in [-0.2, -0.15) is 11.8 Å². The third-order valence-electron chi connectivity index (χ3n) is 4.12. The first-order valence-electron chi connectivity index (χ1n) is 8.22. The summed E-state index contributed by atoms with van der Waals surface area (Å²) in [6.45, 7) is 1.46. The van der Waals surface area contributed by atoms with E-state index in [0.717, 1.165) is 35.9 Å². The summed E-state index contributed by atoms with van der Waals surface area (Å²) in [6, 6.07) is 5.72. The molecule has 8 nitrogen and oxygen atoms in total. The molecule has 0 amide bonds. The van der Waals surface area contributed by atoms with Crippen molar-refractivity contribution in [2.45, 2.75) is 4.90 Å². The number of nitrogens with zero attached hydrogens (tertiary/aromatic N) is 1. The van der Waals surface area contributed by atoms with Gasteiger partial charge in [-0.25, -0.2) is 18.0 Å². The number of carboxylic acid groups (broad SMARTS) is 1. The highest BCUT2D eigenvalue weighted by molar-refractivity contribution is 7.99. The van der Waals surface area contributed by atoms with E-state index in [0.29, 0.717) is 5.69 Å². The van der Waals surface area contributed by atoms with E-state index in [-0.39, 0.29) is 21.0 Å². The number of hydrogen-bond donors (Lipinski definition) is 2. The molecule has 0 atom stereocenters. The second-order valence-electron chi connectivity index (χ2n) is 5.85. The molecule has 11 heteroatoms. The van der Waals surface area contributed by atoms with Crippen molar-refractivity contribution in [2.75, 3.05) is 41.3 Å². The number of sulfonamides is 1. The van der Waals surface area contributed by atoms with Crippen LogP contribution in [0.2, 0.25) is 0 Å². The number of thiophene rings is 1. The molecule has 0 unspecified atom stereocenters. The molecule has 1 fully saturated rings. The fourth-order valence-electron chi connectivity index (χ4n) is 2.81. The summed E-state index contributed by atoms with van der Waals surface area (Å²) < 4.78 is 32.4. The summed E-state index contributed by atoms with van der Waals surface area (Å²) in [6.07, 6.45) is 0. The third-order valence-corrected chi connectivity index (χ3v) is 7.51. The highest BCUT2D eigenvalue weighted by Gasteiger charge is 2.26. The van der Waals surface area contributed by atoms with Crippen LogP contribution in [-0.2, 0) is 14.8 Å². The quantitative estimate of drug-likeness (QED) is 0.657. The monoisotopic (exact) mass is 442 g/mol. The molecule has 0 saturated carbocycles. The second kappa shape index (κ2) is 8.41. The Morgan fingerprint density at radius 3 is 2.57 bits per heavy atom. The largest absolute Gasteiger partial charge is 0.478 e. The molecule has 28 heavy (non-hydrogen) atoms. The molecule has 0 aliphatic carbocycles. The first kappa shape index (κ1) is 20.5. The Hall–Kier alpha value is -2.24. The van der Waals surface area contributed by atoms with Gasteiger partial charge in [0.2, 0.25) is 0 Å². The number of ether oxygens (including phenoxy) is 1. The number of rotatable bonds is 6. The molecule has 1 saturated heterocycles. The molecule has 2 aromatic rings. The average Bonchev–Trinajstić information content (AvgIpc) is 3.18. The van der Waals surface area contributed by atoms with E-state index >= 15 is 0 Å². The predicted molar refractivity (Wildman–Crippen MR) is 109 cm³/mol. The molecule has 150 valence electrons. The second-order valence-corrected chi connectivity index (χ2v) is 9.64. The van der Waals surface area contributed by atoms with E-state index < -0.39 is 22.0 Å². The topological polar surface area (TPSA) is 113 Å². The number of nitrogens with one attached hydrogen (secondary N) is 1. The molecule has 0 radical (unpaired) electrons. The summed E-state index contributed by atoms with van der Waals surface area (Å²) in [7, 11) is -2.92. The van der Waals surface area contributed by atoms with Crippen molar-refractivity contribution in [1.82, 2.24) is 0 Å². The summed E-state index contributed by atoms with van der Waals surface area (Å²) in [5.41, 5.74) is 0.682. The van der Waals surface area contributed by atoms with Crippen molar-refractivity contribution in [2.24, 2.45) is 0 Å². The standard InChI is InChI=1S/C17H18N2O6S3/c1-25-17(22)15-14(4-7-27-15)28(23,24)18-11-2-3-13(12(10-11)16(20)21)19-5-8-26-9-6-19/h2-4,7,10,18H,5-6,8-9H2,1H3,(H,20,21). The summed E-state index contributed by atoms with van der Waals surface area (Å²) in [5, 5.41) is 11.1. The van der Waals surface area contributed by atoms with E-state index in [1.54, 1.807) is 17.8 Å². The molecule has 1 aliphatic rings. The number of anilines is 2. The third kappa shape index (κ3) is 4.26. The first-order chi connectivity index (χ1) is 13.3. The molecule has 3 rings (SSSR count). The van der Waals surface area contributed by atoms with E-state index in [1.807, 2.05) is 4.90 Å². The highest BCUT2D eigenvalue weighted by atomic mass is 32.2. The number of carbonyl (C=O) groups excluding carboxylic acids is 1. The minimum Gasteiger partial charge on any atom is -0.478 e. The van der Waals surface area contributed by atoms with Crippen LogP contribution in [0.5, 0.6) is 0 Å². The number of hydrogen-bond acceptors (Lipinski definition) is 8. The zero-order valence-electron chi connectivity index (χ0n) is 14.9. The molecular formula is C17H18N2O6S3. The van der Waals surface area contributed by atoms with Crippen LogP contribution in [0.3, 0.4) is 0 Å². The molecule has 1 aromatic heterocycles. The van der Waals surface area contributed by atoms with Crippen LogP contribution in [0.25, 0.3) is 0 Å². The van der Waals surface area contributed by atoms with E-state index in [9.17, 15) is 23.1 Å². The summed E-state index contributed by atoms with van der Waals surface area (Å²) >= 11 is 2.76. The van der Waals surface area contributed by atoms with Gasteiger partial charge < -0.3 is 14.7 Å². The summed E-state index contributed by atoms with van der Waals surface area (Å²) in [4.78, 5) is 25.2. The minimum absolute atomic E-state index is 0.0191. The van der Waals surface area contributed by atoms with Gasteiger partial charge >= 0.3 is 11.9 Å². The number of methoxy groups -OCH3 is 1.